The van der Waals surface area contributed by atoms with Gasteiger partial charge in [-0.1, -0.05) is 20.8 Å². The Kier molecular flexibility index (Phi) is 5.20. The predicted molar refractivity (Wildman–Crippen MR) is 78.3 cm³/mol. The largest absolute Gasteiger partial charge is 0.492 e. The molecule has 0 aliphatic heterocycles. The quantitative estimate of drug-likeness (QED) is 0.777. The van der Waals surface area contributed by atoms with Crippen LogP contribution in [0.5, 0.6) is 5.75 Å². The number of nitrogens with zero attached hydrogens (tertiary/aromatic N) is 1. The van der Waals surface area contributed by atoms with Crippen LogP contribution < -0.4 is 10.1 Å². The number of hydrogen-bond donors (Lipinski definition) is 1. The molecule has 0 amide bonds. The molecule has 2 rings (SSSR count). The summed E-state index contributed by atoms with van der Waals surface area (Å²) in [6.45, 7) is 8.38. The van der Waals surface area contributed by atoms with E-state index in [9.17, 15) is 0 Å². The number of nitrogens with one attached hydrogen (secondary N) is 1. The van der Waals surface area contributed by atoms with Crippen molar-refractivity contribution < 1.29 is 4.74 Å². The van der Waals surface area contributed by atoms with Crippen LogP contribution in [0.1, 0.15) is 51.6 Å². The van der Waals surface area contributed by atoms with Crippen molar-refractivity contribution in [2.24, 2.45) is 11.8 Å². The molecule has 1 aliphatic carbocycles. The van der Waals surface area contributed by atoms with E-state index in [0.717, 1.165) is 31.2 Å². The zero-order valence-corrected chi connectivity index (χ0v) is 12.4. The first kappa shape index (κ1) is 14.3. The number of rotatable bonds is 8. The van der Waals surface area contributed by atoms with Crippen LogP contribution in [-0.2, 0) is 0 Å². The molecule has 0 spiro atoms. The standard InChI is InChI=1S/C16H26N2O/c1-4-8-19-15-9-14(10-17-11-15)16(18-5-2)12(3)13-6-7-13/h9-13,16,18H,4-8H2,1-3H3. The Morgan fingerprint density at radius 2 is 2.16 bits per heavy atom. The summed E-state index contributed by atoms with van der Waals surface area (Å²) in [7, 11) is 0. The van der Waals surface area contributed by atoms with Crippen LogP contribution in [0.2, 0.25) is 0 Å². The molecule has 0 aromatic carbocycles. The smallest absolute Gasteiger partial charge is 0.137 e. The maximum absolute atomic E-state index is 5.69. The lowest BCUT2D eigenvalue weighted by atomic mass is 9.91. The van der Waals surface area contributed by atoms with Crippen molar-refractivity contribution in [3.05, 3.63) is 24.0 Å². The van der Waals surface area contributed by atoms with Gasteiger partial charge in [-0.25, -0.2) is 0 Å². The molecule has 106 valence electrons. The second kappa shape index (κ2) is 6.90. The van der Waals surface area contributed by atoms with E-state index in [0.29, 0.717) is 12.0 Å². The number of pyridine rings is 1. The lowest BCUT2D eigenvalue weighted by molar-refractivity contribution is 0.312. The molecular formula is C16H26N2O. The molecule has 3 nitrogen and oxygen atoms in total. The summed E-state index contributed by atoms with van der Waals surface area (Å²) in [5.74, 6) is 2.44. The second-order valence-corrected chi connectivity index (χ2v) is 5.53. The van der Waals surface area contributed by atoms with Crippen LogP contribution in [0.3, 0.4) is 0 Å². The van der Waals surface area contributed by atoms with Gasteiger partial charge in [0.05, 0.1) is 12.8 Å². The Bertz CT molecular complexity index is 390. The maximum atomic E-state index is 5.69. The van der Waals surface area contributed by atoms with E-state index in [1.165, 1.54) is 18.4 Å². The van der Waals surface area contributed by atoms with Crippen molar-refractivity contribution in [2.45, 2.75) is 46.1 Å². The SMILES string of the molecule is CCCOc1cncc(C(NCC)C(C)C2CC2)c1. The van der Waals surface area contributed by atoms with Crippen molar-refractivity contribution in [1.29, 1.82) is 0 Å². The molecule has 0 radical (unpaired) electrons. The molecule has 19 heavy (non-hydrogen) atoms. The third-order valence-electron chi connectivity index (χ3n) is 3.88. The predicted octanol–water partition coefficient (Wildman–Crippen LogP) is 3.57. The van der Waals surface area contributed by atoms with Gasteiger partial charge in [0.15, 0.2) is 0 Å². The Hall–Kier alpha value is -1.09. The minimum Gasteiger partial charge on any atom is -0.492 e. The number of hydrogen-bond acceptors (Lipinski definition) is 3. The lowest BCUT2D eigenvalue weighted by Gasteiger charge is -2.25. The zero-order chi connectivity index (χ0) is 13.7. The van der Waals surface area contributed by atoms with Crippen molar-refractivity contribution >= 4 is 0 Å². The summed E-state index contributed by atoms with van der Waals surface area (Å²) in [5.41, 5.74) is 1.26. The average molecular weight is 262 g/mol. The van der Waals surface area contributed by atoms with Gasteiger partial charge in [-0.15, -0.1) is 0 Å². The molecule has 1 aromatic rings. The van der Waals surface area contributed by atoms with Crippen LogP contribution >= 0.6 is 0 Å². The summed E-state index contributed by atoms with van der Waals surface area (Å²) in [5, 5.41) is 3.61. The van der Waals surface area contributed by atoms with Gasteiger partial charge in [0.2, 0.25) is 0 Å². The van der Waals surface area contributed by atoms with Crippen LogP contribution in [0, 0.1) is 11.8 Å². The van der Waals surface area contributed by atoms with Crippen molar-refractivity contribution in [3.8, 4) is 5.75 Å². The van der Waals surface area contributed by atoms with E-state index in [2.05, 4.69) is 37.1 Å². The molecule has 2 atom stereocenters. The van der Waals surface area contributed by atoms with Crippen LogP contribution in [0.4, 0.5) is 0 Å². The Morgan fingerprint density at radius 1 is 1.37 bits per heavy atom. The van der Waals surface area contributed by atoms with Crippen LogP contribution in [0.25, 0.3) is 0 Å². The molecule has 1 saturated carbocycles. The van der Waals surface area contributed by atoms with Gasteiger partial charge in [-0.3, -0.25) is 4.98 Å². The van der Waals surface area contributed by atoms with E-state index < -0.39 is 0 Å². The Morgan fingerprint density at radius 3 is 2.79 bits per heavy atom. The summed E-state index contributed by atoms with van der Waals surface area (Å²) in [6.07, 6.45) is 7.57. The molecule has 1 fully saturated rings. The molecule has 1 N–H and O–H groups in total. The highest BCUT2D eigenvalue weighted by Crippen LogP contribution is 2.42. The van der Waals surface area contributed by atoms with Gasteiger partial charge < -0.3 is 10.1 Å². The van der Waals surface area contributed by atoms with Crippen molar-refractivity contribution in [3.63, 3.8) is 0 Å². The monoisotopic (exact) mass is 262 g/mol. The molecule has 2 unspecified atom stereocenters. The van der Waals surface area contributed by atoms with Crippen molar-refractivity contribution in [1.82, 2.24) is 10.3 Å². The van der Waals surface area contributed by atoms with Gasteiger partial charge in [0, 0.05) is 12.2 Å². The van der Waals surface area contributed by atoms with Gasteiger partial charge in [-0.05, 0) is 49.3 Å². The van der Waals surface area contributed by atoms with E-state index >= 15 is 0 Å². The second-order valence-electron chi connectivity index (χ2n) is 5.53. The summed E-state index contributed by atoms with van der Waals surface area (Å²) in [6, 6.07) is 2.55. The van der Waals surface area contributed by atoms with Crippen LogP contribution in [0.15, 0.2) is 18.5 Å². The first-order valence-electron chi connectivity index (χ1n) is 7.57. The van der Waals surface area contributed by atoms with E-state index in [1.807, 2.05) is 12.4 Å². The molecule has 0 bridgehead atoms. The van der Waals surface area contributed by atoms with Gasteiger partial charge in [0.25, 0.3) is 0 Å². The zero-order valence-electron chi connectivity index (χ0n) is 12.4. The maximum Gasteiger partial charge on any atom is 0.137 e. The van der Waals surface area contributed by atoms with E-state index in [4.69, 9.17) is 4.74 Å². The number of aromatic nitrogens is 1. The minimum absolute atomic E-state index is 0.398. The van der Waals surface area contributed by atoms with Gasteiger partial charge in [-0.2, -0.15) is 0 Å². The van der Waals surface area contributed by atoms with Gasteiger partial charge in [0.1, 0.15) is 5.75 Å². The first-order chi connectivity index (χ1) is 9.26. The molecule has 1 aliphatic rings. The van der Waals surface area contributed by atoms with Crippen LogP contribution in [-0.4, -0.2) is 18.1 Å². The molecule has 0 saturated heterocycles. The third kappa shape index (κ3) is 3.93. The van der Waals surface area contributed by atoms with Gasteiger partial charge >= 0.3 is 0 Å². The fourth-order valence-corrected chi connectivity index (χ4v) is 2.63. The molecular weight excluding hydrogens is 236 g/mol. The fourth-order valence-electron chi connectivity index (χ4n) is 2.63. The van der Waals surface area contributed by atoms with E-state index in [-0.39, 0.29) is 0 Å². The third-order valence-corrected chi connectivity index (χ3v) is 3.88. The topological polar surface area (TPSA) is 34.1 Å². The average Bonchev–Trinajstić information content (AvgIpc) is 3.26. The highest BCUT2D eigenvalue weighted by molar-refractivity contribution is 5.26. The number of ether oxygens (including phenoxy) is 1. The lowest BCUT2D eigenvalue weighted by Crippen LogP contribution is -2.28. The van der Waals surface area contributed by atoms with E-state index in [1.54, 1.807) is 0 Å². The first-order valence-corrected chi connectivity index (χ1v) is 7.57. The Balaban J connectivity index is 2.10. The molecule has 1 heterocycles. The van der Waals surface area contributed by atoms with Crippen molar-refractivity contribution in [2.75, 3.05) is 13.2 Å². The molecule has 3 heteroatoms. The summed E-state index contributed by atoms with van der Waals surface area (Å²) in [4.78, 5) is 4.34. The highest BCUT2D eigenvalue weighted by atomic mass is 16.5. The Labute approximate surface area is 116 Å². The summed E-state index contributed by atoms with van der Waals surface area (Å²) < 4.78 is 5.69. The highest BCUT2D eigenvalue weighted by Gasteiger charge is 2.33. The minimum atomic E-state index is 0.398. The fraction of sp³-hybridized carbons (Fsp3) is 0.688. The molecule has 1 aromatic heterocycles. The normalized spacial score (nSPS) is 18.1. The summed E-state index contributed by atoms with van der Waals surface area (Å²) >= 11 is 0.